The summed E-state index contributed by atoms with van der Waals surface area (Å²) in [6.45, 7) is 4.97. The van der Waals surface area contributed by atoms with Crippen molar-refractivity contribution in [3.05, 3.63) is 59.5 Å². The van der Waals surface area contributed by atoms with Crippen molar-refractivity contribution < 1.29 is 0 Å². The molecular formula is C17H20N4. The van der Waals surface area contributed by atoms with E-state index in [1.807, 2.05) is 36.0 Å². The van der Waals surface area contributed by atoms with Crippen LogP contribution in [-0.2, 0) is 13.0 Å². The highest BCUT2D eigenvalue weighted by Gasteiger charge is 2.13. The van der Waals surface area contributed by atoms with Crippen LogP contribution in [0.1, 0.15) is 29.8 Å². The van der Waals surface area contributed by atoms with Gasteiger partial charge in [0.2, 0.25) is 0 Å². The van der Waals surface area contributed by atoms with Crippen LogP contribution in [0.4, 0.5) is 0 Å². The molecule has 1 aromatic carbocycles. The van der Waals surface area contributed by atoms with E-state index in [0.29, 0.717) is 0 Å². The Labute approximate surface area is 124 Å². The minimum atomic E-state index is -0.0499. The normalized spacial score (nSPS) is 12.7. The van der Waals surface area contributed by atoms with Gasteiger partial charge >= 0.3 is 0 Å². The van der Waals surface area contributed by atoms with Crippen LogP contribution in [0, 0.1) is 6.92 Å². The highest BCUT2D eigenvalue weighted by atomic mass is 15.3. The summed E-state index contributed by atoms with van der Waals surface area (Å²) in [5, 5.41) is 5.45. The second-order valence-corrected chi connectivity index (χ2v) is 5.38. The first-order valence-electron chi connectivity index (χ1n) is 7.30. The summed E-state index contributed by atoms with van der Waals surface area (Å²) in [5.74, 6) is 0. The van der Waals surface area contributed by atoms with Gasteiger partial charge in [-0.25, -0.2) is 0 Å². The number of aryl methyl sites for hydroxylation is 2. The van der Waals surface area contributed by atoms with Gasteiger partial charge in [0.1, 0.15) is 0 Å². The van der Waals surface area contributed by atoms with Gasteiger partial charge in [-0.2, -0.15) is 5.10 Å². The Morgan fingerprint density at radius 1 is 1.29 bits per heavy atom. The third kappa shape index (κ3) is 2.81. The average molecular weight is 280 g/mol. The Bertz CT molecular complexity index is 760. The lowest BCUT2D eigenvalue weighted by Crippen LogP contribution is -2.14. The summed E-state index contributed by atoms with van der Waals surface area (Å²) in [7, 11) is 0. The SMILES string of the molecule is CCn1cc(CC(N)c2cc(C)nc3ccccc23)cn1. The molecule has 3 aromatic rings. The van der Waals surface area contributed by atoms with Crippen LogP contribution in [0.5, 0.6) is 0 Å². The molecule has 0 amide bonds. The van der Waals surface area contributed by atoms with Gasteiger partial charge in [-0.1, -0.05) is 18.2 Å². The van der Waals surface area contributed by atoms with Crippen molar-refractivity contribution in [3.63, 3.8) is 0 Å². The number of fused-ring (bicyclic) bond motifs is 1. The summed E-state index contributed by atoms with van der Waals surface area (Å²) in [5.41, 5.74) is 10.8. The molecule has 108 valence electrons. The Kier molecular flexibility index (Phi) is 3.71. The maximum Gasteiger partial charge on any atom is 0.0708 e. The fourth-order valence-corrected chi connectivity index (χ4v) is 2.70. The van der Waals surface area contributed by atoms with Crippen molar-refractivity contribution in [2.45, 2.75) is 32.9 Å². The van der Waals surface area contributed by atoms with E-state index in [-0.39, 0.29) is 6.04 Å². The molecule has 0 saturated carbocycles. The lowest BCUT2D eigenvalue weighted by atomic mass is 9.97. The number of para-hydroxylation sites is 1. The van der Waals surface area contributed by atoms with Crippen molar-refractivity contribution in [2.75, 3.05) is 0 Å². The van der Waals surface area contributed by atoms with Crippen molar-refractivity contribution in [1.82, 2.24) is 14.8 Å². The lowest BCUT2D eigenvalue weighted by molar-refractivity contribution is 0.657. The minimum Gasteiger partial charge on any atom is -0.324 e. The molecule has 0 spiro atoms. The van der Waals surface area contributed by atoms with Crippen LogP contribution in [0.2, 0.25) is 0 Å². The second kappa shape index (κ2) is 5.66. The van der Waals surface area contributed by atoms with Crippen molar-refractivity contribution in [2.24, 2.45) is 5.73 Å². The van der Waals surface area contributed by atoms with Gasteiger partial charge in [-0.3, -0.25) is 9.67 Å². The van der Waals surface area contributed by atoms with Crippen LogP contribution in [0.15, 0.2) is 42.7 Å². The largest absolute Gasteiger partial charge is 0.324 e. The van der Waals surface area contributed by atoms with E-state index in [4.69, 9.17) is 5.73 Å². The maximum atomic E-state index is 6.45. The molecule has 0 bridgehead atoms. The van der Waals surface area contributed by atoms with Gasteiger partial charge in [0.15, 0.2) is 0 Å². The van der Waals surface area contributed by atoms with Crippen molar-refractivity contribution in [3.8, 4) is 0 Å². The molecule has 0 fully saturated rings. The highest BCUT2D eigenvalue weighted by Crippen LogP contribution is 2.25. The lowest BCUT2D eigenvalue weighted by Gasteiger charge is -2.14. The third-order valence-corrected chi connectivity index (χ3v) is 3.74. The van der Waals surface area contributed by atoms with Gasteiger partial charge in [0.25, 0.3) is 0 Å². The molecule has 2 N–H and O–H groups in total. The molecule has 0 aliphatic heterocycles. The summed E-state index contributed by atoms with van der Waals surface area (Å²) in [6.07, 6.45) is 4.75. The summed E-state index contributed by atoms with van der Waals surface area (Å²) >= 11 is 0. The predicted octanol–water partition coefficient (Wildman–Crippen LogP) is 3.00. The molecule has 1 unspecified atom stereocenters. The molecule has 0 aliphatic rings. The standard InChI is InChI=1S/C17H20N4/c1-3-21-11-13(10-19-21)9-16(18)15-8-12(2)20-17-7-5-4-6-14(15)17/h4-8,10-11,16H,3,9,18H2,1-2H3. The van der Waals surface area contributed by atoms with E-state index in [1.54, 1.807) is 0 Å². The third-order valence-electron chi connectivity index (χ3n) is 3.74. The minimum absolute atomic E-state index is 0.0499. The first-order chi connectivity index (χ1) is 10.2. The Balaban J connectivity index is 1.95. The van der Waals surface area contributed by atoms with E-state index < -0.39 is 0 Å². The van der Waals surface area contributed by atoms with Crippen LogP contribution in [-0.4, -0.2) is 14.8 Å². The average Bonchev–Trinajstić information content (AvgIpc) is 2.94. The molecule has 0 saturated heterocycles. The fraction of sp³-hybridized carbons (Fsp3) is 0.294. The van der Waals surface area contributed by atoms with Crippen molar-refractivity contribution >= 4 is 10.9 Å². The first-order valence-corrected chi connectivity index (χ1v) is 7.30. The van der Waals surface area contributed by atoms with E-state index in [0.717, 1.165) is 35.1 Å². The number of aromatic nitrogens is 3. The molecule has 2 aromatic heterocycles. The molecule has 4 heteroatoms. The highest BCUT2D eigenvalue weighted by molar-refractivity contribution is 5.82. The van der Waals surface area contributed by atoms with Crippen LogP contribution >= 0.6 is 0 Å². The molecule has 0 aliphatic carbocycles. The Morgan fingerprint density at radius 2 is 2.10 bits per heavy atom. The molecule has 1 atom stereocenters. The summed E-state index contributed by atoms with van der Waals surface area (Å²) in [6, 6.07) is 10.2. The molecule has 0 radical (unpaired) electrons. The van der Waals surface area contributed by atoms with E-state index in [1.165, 1.54) is 5.56 Å². The van der Waals surface area contributed by atoms with E-state index >= 15 is 0 Å². The Morgan fingerprint density at radius 3 is 2.86 bits per heavy atom. The molecule has 3 rings (SSSR count). The molecular weight excluding hydrogens is 260 g/mol. The zero-order chi connectivity index (χ0) is 14.8. The maximum absolute atomic E-state index is 6.45. The summed E-state index contributed by atoms with van der Waals surface area (Å²) in [4.78, 5) is 4.57. The van der Waals surface area contributed by atoms with E-state index in [9.17, 15) is 0 Å². The number of pyridine rings is 1. The van der Waals surface area contributed by atoms with Gasteiger partial charge in [-0.15, -0.1) is 0 Å². The molecule has 2 heterocycles. The van der Waals surface area contributed by atoms with Gasteiger partial charge in [0.05, 0.1) is 11.7 Å². The predicted molar refractivity (Wildman–Crippen MR) is 85.0 cm³/mol. The quantitative estimate of drug-likeness (QED) is 0.799. The van der Waals surface area contributed by atoms with E-state index in [2.05, 4.69) is 35.3 Å². The molecule has 4 nitrogen and oxygen atoms in total. The van der Waals surface area contributed by atoms with Crippen molar-refractivity contribution in [1.29, 1.82) is 0 Å². The Hall–Kier alpha value is -2.20. The topological polar surface area (TPSA) is 56.7 Å². The van der Waals surface area contributed by atoms with Gasteiger partial charge < -0.3 is 5.73 Å². The smallest absolute Gasteiger partial charge is 0.0708 e. The van der Waals surface area contributed by atoms with Gasteiger partial charge in [-0.05, 0) is 43.5 Å². The van der Waals surface area contributed by atoms with Crippen LogP contribution in [0.25, 0.3) is 10.9 Å². The zero-order valence-electron chi connectivity index (χ0n) is 12.5. The number of hydrogen-bond acceptors (Lipinski definition) is 3. The fourth-order valence-electron chi connectivity index (χ4n) is 2.70. The van der Waals surface area contributed by atoms with Crippen LogP contribution in [0.3, 0.4) is 0 Å². The second-order valence-electron chi connectivity index (χ2n) is 5.38. The number of rotatable bonds is 4. The van der Waals surface area contributed by atoms with Crippen LogP contribution < -0.4 is 5.73 Å². The zero-order valence-corrected chi connectivity index (χ0v) is 12.5. The number of hydrogen-bond donors (Lipinski definition) is 1. The first kappa shape index (κ1) is 13.8. The monoisotopic (exact) mass is 280 g/mol. The number of benzene rings is 1. The molecule has 21 heavy (non-hydrogen) atoms. The number of nitrogens with zero attached hydrogens (tertiary/aromatic N) is 3. The summed E-state index contributed by atoms with van der Waals surface area (Å²) < 4.78 is 1.93. The number of nitrogens with two attached hydrogens (primary N) is 1. The van der Waals surface area contributed by atoms with Gasteiger partial charge in [0, 0.05) is 29.9 Å².